The van der Waals surface area contributed by atoms with Crippen molar-refractivity contribution in [3.05, 3.63) is 81.8 Å². The Morgan fingerprint density at radius 1 is 1.09 bits per heavy atom. The van der Waals surface area contributed by atoms with Crippen molar-refractivity contribution in [2.24, 2.45) is 0 Å². The van der Waals surface area contributed by atoms with E-state index in [1.54, 1.807) is 17.3 Å². The summed E-state index contributed by atoms with van der Waals surface area (Å²) >= 11 is 3.46. The Kier molecular flexibility index (Phi) is 4.02. The number of allylic oxidation sites excluding steroid dienone is 4. The topological polar surface area (TPSA) is 51.0 Å². The maximum Gasteiger partial charge on any atom is 0.356 e. The van der Waals surface area contributed by atoms with Gasteiger partial charge in [-0.05, 0) is 36.8 Å². The molecule has 1 aromatic carbocycles. The minimum atomic E-state index is -0.370. The standard InChI is InChI=1S/C16H13BrN4O/c1-12-13(17)7-6-8-14(12)21-11-18-15(19-16(21)22)20-9-4-2-3-5-10-20/h2-11H,1H3. The van der Waals surface area contributed by atoms with Gasteiger partial charge in [0.2, 0.25) is 5.95 Å². The van der Waals surface area contributed by atoms with Gasteiger partial charge in [-0.1, -0.05) is 34.1 Å². The van der Waals surface area contributed by atoms with Gasteiger partial charge < -0.3 is 0 Å². The maximum atomic E-state index is 12.3. The molecule has 6 heteroatoms. The molecule has 2 aromatic rings. The lowest BCUT2D eigenvalue weighted by Crippen LogP contribution is -2.25. The van der Waals surface area contributed by atoms with E-state index in [-0.39, 0.29) is 5.69 Å². The lowest BCUT2D eigenvalue weighted by atomic mass is 10.2. The van der Waals surface area contributed by atoms with Crippen molar-refractivity contribution in [3.8, 4) is 5.69 Å². The molecule has 5 nitrogen and oxygen atoms in total. The lowest BCUT2D eigenvalue weighted by molar-refractivity contribution is 0.844. The summed E-state index contributed by atoms with van der Waals surface area (Å²) in [5, 5.41) is 0. The van der Waals surface area contributed by atoms with Crippen molar-refractivity contribution >= 4 is 21.9 Å². The number of aromatic nitrogens is 3. The van der Waals surface area contributed by atoms with Gasteiger partial charge in [-0.2, -0.15) is 4.98 Å². The normalized spacial score (nSPS) is 13.5. The third-order valence-electron chi connectivity index (χ3n) is 3.25. The second kappa shape index (κ2) is 6.11. The predicted octanol–water partition coefficient (Wildman–Crippen LogP) is 3.10. The summed E-state index contributed by atoms with van der Waals surface area (Å²) in [5.41, 5.74) is 1.35. The first-order chi connectivity index (χ1) is 10.7. The van der Waals surface area contributed by atoms with Crippen LogP contribution in [0.5, 0.6) is 0 Å². The highest BCUT2D eigenvalue weighted by Gasteiger charge is 2.10. The van der Waals surface area contributed by atoms with Crippen molar-refractivity contribution in [1.29, 1.82) is 0 Å². The van der Waals surface area contributed by atoms with Crippen molar-refractivity contribution in [3.63, 3.8) is 0 Å². The second-order valence-corrected chi connectivity index (χ2v) is 5.52. The monoisotopic (exact) mass is 356 g/mol. The molecule has 0 atom stereocenters. The van der Waals surface area contributed by atoms with Crippen LogP contribution in [0.15, 0.2) is 70.5 Å². The van der Waals surface area contributed by atoms with Crippen molar-refractivity contribution in [2.75, 3.05) is 4.90 Å². The van der Waals surface area contributed by atoms with Crippen LogP contribution in [0.2, 0.25) is 0 Å². The Hall–Kier alpha value is -2.47. The Morgan fingerprint density at radius 3 is 2.50 bits per heavy atom. The molecule has 0 spiro atoms. The molecule has 110 valence electrons. The van der Waals surface area contributed by atoms with E-state index in [1.165, 1.54) is 10.9 Å². The zero-order chi connectivity index (χ0) is 15.5. The second-order valence-electron chi connectivity index (χ2n) is 4.67. The summed E-state index contributed by atoms with van der Waals surface area (Å²) in [7, 11) is 0. The first-order valence-electron chi connectivity index (χ1n) is 6.68. The summed E-state index contributed by atoms with van der Waals surface area (Å²) in [6, 6.07) is 5.66. The molecule has 0 unspecified atom stereocenters. The van der Waals surface area contributed by atoms with E-state index in [2.05, 4.69) is 25.9 Å². The Balaban J connectivity index is 2.03. The van der Waals surface area contributed by atoms with Gasteiger partial charge in [0, 0.05) is 16.9 Å². The SMILES string of the molecule is Cc1c(Br)cccc1-n1cnc(N2C=CC=CC=C2)nc1=O. The Bertz CT molecular complexity index is 835. The number of rotatable bonds is 2. The molecule has 1 aliphatic rings. The van der Waals surface area contributed by atoms with Gasteiger partial charge in [0.15, 0.2) is 0 Å². The van der Waals surface area contributed by atoms with Gasteiger partial charge in [-0.25, -0.2) is 9.78 Å². The van der Waals surface area contributed by atoms with Crippen LogP contribution in [0.4, 0.5) is 5.95 Å². The fraction of sp³-hybridized carbons (Fsp3) is 0.0625. The number of benzene rings is 1. The smallest absolute Gasteiger partial charge is 0.293 e. The quantitative estimate of drug-likeness (QED) is 0.829. The molecule has 0 aliphatic carbocycles. The molecule has 2 heterocycles. The first-order valence-corrected chi connectivity index (χ1v) is 7.47. The summed E-state index contributed by atoms with van der Waals surface area (Å²) < 4.78 is 2.37. The first kappa shape index (κ1) is 14.5. The summed E-state index contributed by atoms with van der Waals surface area (Å²) in [6.07, 6.45) is 12.6. The number of nitrogens with zero attached hydrogens (tertiary/aromatic N) is 4. The van der Waals surface area contributed by atoms with Crippen molar-refractivity contribution in [2.45, 2.75) is 6.92 Å². The molecule has 0 amide bonds. The van der Waals surface area contributed by atoms with Crippen molar-refractivity contribution in [1.82, 2.24) is 14.5 Å². The van der Waals surface area contributed by atoms with Crippen LogP contribution >= 0.6 is 15.9 Å². The van der Waals surface area contributed by atoms with Crippen LogP contribution in [0.25, 0.3) is 5.69 Å². The van der Waals surface area contributed by atoms with Gasteiger partial charge in [-0.3, -0.25) is 9.47 Å². The number of hydrogen-bond donors (Lipinski definition) is 0. The van der Waals surface area contributed by atoms with Crippen LogP contribution in [-0.2, 0) is 0 Å². The average molecular weight is 357 g/mol. The molecule has 0 radical (unpaired) electrons. The molecule has 3 rings (SSSR count). The molecule has 1 aliphatic heterocycles. The highest BCUT2D eigenvalue weighted by Crippen LogP contribution is 2.21. The van der Waals surface area contributed by atoms with Crippen LogP contribution in [-0.4, -0.2) is 14.5 Å². The third-order valence-corrected chi connectivity index (χ3v) is 4.11. The van der Waals surface area contributed by atoms with Gasteiger partial charge in [0.1, 0.15) is 6.33 Å². The lowest BCUT2D eigenvalue weighted by Gasteiger charge is -2.14. The summed E-state index contributed by atoms with van der Waals surface area (Å²) in [6.45, 7) is 1.94. The predicted molar refractivity (Wildman–Crippen MR) is 90.0 cm³/mol. The minimum Gasteiger partial charge on any atom is -0.293 e. The van der Waals surface area contributed by atoms with E-state index in [9.17, 15) is 4.79 Å². The number of anilines is 1. The Morgan fingerprint density at radius 2 is 1.82 bits per heavy atom. The fourth-order valence-corrected chi connectivity index (χ4v) is 2.43. The average Bonchev–Trinajstić information content (AvgIpc) is 2.79. The van der Waals surface area contributed by atoms with Gasteiger partial charge in [0.25, 0.3) is 0 Å². The van der Waals surface area contributed by atoms with Crippen LogP contribution in [0, 0.1) is 6.92 Å². The van der Waals surface area contributed by atoms with E-state index in [1.807, 2.05) is 49.4 Å². The fourth-order valence-electron chi connectivity index (χ4n) is 2.07. The summed E-state index contributed by atoms with van der Waals surface area (Å²) in [4.78, 5) is 22.4. The molecular weight excluding hydrogens is 344 g/mol. The highest BCUT2D eigenvalue weighted by molar-refractivity contribution is 9.10. The Labute approximate surface area is 136 Å². The molecule has 22 heavy (non-hydrogen) atoms. The van der Waals surface area contributed by atoms with Crippen LogP contribution < -0.4 is 10.6 Å². The largest absolute Gasteiger partial charge is 0.356 e. The van der Waals surface area contributed by atoms with Gasteiger partial charge in [-0.15, -0.1) is 0 Å². The van der Waals surface area contributed by atoms with E-state index in [0.717, 1.165) is 15.7 Å². The number of hydrogen-bond acceptors (Lipinski definition) is 4. The van der Waals surface area contributed by atoms with Gasteiger partial charge >= 0.3 is 5.69 Å². The molecule has 0 saturated carbocycles. The van der Waals surface area contributed by atoms with E-state index in [4.69, 9.17) is 0 Å². The molecule has 1 aromatic heterocycles. The zero-order valence-corrected chi connectivity index (χ0v) is 13.4. The van der Waals surface area contributed by atoms with E-state index >= 15 is 0 Å². The van der Waals surface area contributed by atoms with Crippen LogP contribution in [0.1, 0.15) is 5.56 Å². The zero-order valence-electron chi connectivity index (χ0n) is 11.8. The molecular formula is C16H13BrN4O. The molecule has 0 bridgehead atoms. The maximum absolute atomic E-state index is 12.3. The van der Waals surface area contributed by atoms with Gasteiger partial charge in [0.05, 0.1) is 5.69 Å². The third kappa shape index (κ3) is 2.78. The van der Waals surface area contributed by atoms with Crippen molar-refractivity contribution < 1.29 is 0 Å². The van der Waals surface area contributed by atoms with E-state index < -0.39 is 0 Å². The summed E-state index contributed by atoms with van der Waals surface area (Å²) in [5.74, 6) is 0.338. The number of halogens is 1. The molecule has 0 N–H and O–H groups in total. The highest BCUT2D eigenvalue weighted by atomic mass is 79.9. The van der Waals surface area contributed by atoms with E-state index in [0.29, 0.717) is 5.95 Å². The molecule has 0 fully saturated rings. The molecule has 0 saturated heterocycles. The minimum absolute atomic E-state index is 0.338. The van der Waals surface area contributed by atoms with Crippen LogP contribution in [0.3, 0.4) is 0 Å².